The standard InChI is InChI=1S/C13H16BrFN2O/c14-11-8-9(3-4-12(11)15)13(18)17-7-5-10-2-1-6-16-10/h3-4,8,10,16H,1-2,5-7H2,(H,17,18). The highest BCUT2D eigenvalue weighted by atomic mass is 79.9. The molecule has 5 heteroatoms. The normalized spacial score (nSPS) is 18.9. The molecule has 1 aromatic carbocycles. The third kappa shape index (κ3) is 3.53. The van der Waals surface area contributed by atoms with E-state index in [-0.39, 0.29) is 11.7 Å². The Bertz CT molecular complexity index is 433. The van der Waals surface area contributed by atoms with Gasteiger partial charge in [-0.1, -0.05) is 0 Å². The topological polar surface area (TPSA) is 41.1 Å². The lowest BCUT2D eigenvalue weighted by molar-refractivity contribution is 0.0952. The van der Waals surface area contributed by atoms with E-state index >= 15 is 0 Å². The van der Waals surface area contributed by atoms with Gasteiger partial charge in [0.15, 0.2) is 0 Å². The van der Waals surface area contributed by atoms with Crippen LogP contribution in [-0.4, -0.2) is 25.0 Å². The maximum atomic E-state index is 13.0. The van der Waals surface area contributed by atoms with E-state index in [1.165, 1.54) is 31.0 Å². The number of rotatable bonds is 4. The number of amides is 1. The van der Waals surface area contributed by atoms with Crippen molar-refractivity contribution in [3.8, 4) is 0 Å². The predicted molar refractivity (Wildman–Crippen MR) is 72.1 cm³/mol. The van der Waals surface area contributed by atoms with Crippen LogP contribution in [0, 0.1) is 5.82 Å². The van der Waals surface area contributed by atoms with Gasteiger partial charge in [0.25, 0.3) is 5.91 Å². The molecule has 1 atom stereocenters. The molecule has 1 unspecified atom stereocenters. The molecular weight excluding hydrogens is 299 g/mol. The van der Waals surface area contributed by atoms with E-state index in [0.29, 0.717) is 22.6 Å². The summed E-state index contributed by atoms with van der Waals surface area (Å²) in [6.45, 7) is 1.72. The highest BCUT2D eigenvalue weighted by molar-refractivity contribution is 9.10. The minimum Gasteiger partial charge on any atom is -0.352 e. The van der Waals surface area contributed by atoms with Gasteiger partial charge < -0.3 is 10.6 Å². The van der Waals surface area contributed by atoms with Crippen LogP contribution in [0.4, 0.5) is 4.39 Å². The number of hydrogen-bond acceptors (Lipinski definition) is 2. The third-order valence-electron chi connectivity index (χ3n) is 3.12. The molecule has 1 amide bonds. The lowest BCUT2D eigenvalue weighted by atomic mass is 10.1. The zero-order valence-corrected chi connectivity index (χ0v) is 11.6. The van der Waals surface area contributed by atoms with Crippen LogP contribution in [-0.2, 0) is 0 Å². The van der Waals surface area contributed by atoms with Crippen molar-refractivity contribution in [2.75, 3.05) is 13.1 Å². The molecule has 0 aliphatic carbocycles. The summed E-state index contributed by atoms with van der Waals surface area (Å²) in [5, 5.41) is 6.23. The molecule has 2 rings (SSSR count). The summed E-state index contributed by atoms with van der Waals surface area (Å²) < 4.78 is 13.3. The summed E-state index contributed by atoms with van der Waals surface area (Å²) in [5.74, 6) is -0.518. The van der Waals surface area contributed by atoms with Crippen LogP contribution in [0.15, 0.2) is 22.7 Å². The van der Waals surface area contributed by atoms with Gasteiger partial charge >= 0.3 is 0 Å². The molecule has 1 fully saturated rings. The maximum absolute atomic E-state index is 13.0. The Morgan fingerprint density at radius 1 is 1.56 bits per heavy atom. The molecule has 0 saturated carbocycles. The SMILES string of the molecule is O=C(NCCC1CCCN1)c1ccc(F)c(Br)c1. The minimum absolute atomic E-state index is 0.159. The van der Waals surface area contributed by atoms with E-state index in [0.717, 1.165) is 13.0 Å². The average Bonchev–Trinajstić information content (AvgIpc) is 2.85. The quantitative estimate of drug-likeness (QED) is 0.896. The molecule has 0 bridgehead atoms. The van der Waals surface area contributed by atoms with Crippen molar-refractivity contribution in [3.63, 3.8) is 0 Å². The first-order valence-corrected chi connectivity index (χ1v) is 6.93. The summed E-state index contributed by atoms with van der Waals surface area (Å²) in [6.07, 6.45) is 3.33. The summed E-state index contributed by atoms with van der Waals surface area (Å²) in [5.41, 5.74) is 0.475. The van der Waals surface area contributed by atoms with E-state index in [1.807, 2.05) is 0 Å². The average molecular weight is 315 g/mol. The van der Waals surface area contributed by atoms with Gasteiger partial charge in [0.1, 0.15) is 5.82 Å². The second-order valence-electron chi connectivity index (χ2n) is 4.47. The zero-order chi connectivity index (χ0) is 13.0. The van der Waals surface area contributed by atoms with Crippen molar-refractivity contribution in [1.29, 1.82) is 0 Å². The van der Waals surface area contributed by atoms with Crippen molar-refractivity contribution >= 4 is 21.8 Å². The summed E-state index contributed by atoms with van der Waals surface area (Å²) in [6, 6.07) is 4.80. The van der Waals surface area contributed by atoms with E-state index in [1.54, 1.807) is 0 Å². The Hall–Kier alpha value is -0.940. The first-order chi connectivity index (χ1) is 8.66. The van der Waals surface area contributed by atoms with Crippen LogP contribution < -0.4 is 10.6 Å². The van der Waals surface area contributed by atoms with E-state index in [9.17, 15) is 9.18 Å². The molecule has 0 spiro atoms. The molecule has 2 N–H and O–H groups in total. The van der Waals surface area contributed by atoms with Gasteiger partial charge in [0.2, 0.25) is 0 Å². The van der Waals surface area contributed by atoms with Crippen molar-refractivity contribution < 1.29 is 9.18 Å². The van der Waals surface area contributed by atoms with Crippen molar-refractivity contribution in [1.82, 2.24) is 10.6 Å². The molecule has 0 aromatic heterocycles. The molecule has 1 aliphatic heterocycles. The maximum Gasteiger partial charge on any atom is 0.251 e. The number of carbonyl (C=O) groups is 1. The van der Waals surface area contributed by atoms with Gasteiger partial charge in [-0.25, -0.2) is 4.39 Å². The third-order valence-corrected chi connectivity index (χ3v) is 3.73. The van der Waals surface area contributed by atoms with Gasteiger partial charge in [-0.3, -0.25) is 4.79 Å². The Labute approximate surface area is 114 Å². The second kappa shape index (κ2) is 6.29. The molecule has 1 saturated heterocycles. The molecule has 1 aliphatic rings. The number of benzene rings is 1. The Morgan fingerprint density at radius 3 is 3.06 bits per heavy atom. The highest BCUT2D eigenvalue weighted by Gasteiger charge is 2.14. The van der Waals surface area contributed by atoms with Gasteiger partial charge in [-0.05, 0) is 59.9 Å². The van der Waals surface area contributed by atoms with Gasteiger partial charge in [0.05, 0.1) is 4.47 Å². The lowest BCUT2D eigenvalue weighted by Crippen LogP contribution is -2.30. The van der Waals surface area contributed by atoms with Crippen LogP contribution in [0.3, 0.4) is 0 Å². The van der Waals surface area contributed by atoms with Crippen LogP contribution in [0.5, 0.6) is 0 Å². The molecule has 18 heavy (non-hydrogen) atoms. The highest BCUT2D eigenvalue weighted by Crippen LogP contribution is 2.16. The predicted octanol–water partition coefficient (Wildman–Crippen LogP) is 2.46. The fraction of sp³-hybridized carbons (Fsp3) is 0.462. The van der Waals surface area contributed by atoms with Crippen molar-refractivity contribution in [2.24, 2.45) is 0 Å². The Morgan fingerprint density at radius 2 is 2.39 bits per heavy atom. The number of hydrogen-bond donors (Lipinski definition) is 2. The smallest absolute Gasteiger partial charge is 0.251 e. The van der Waals surface area contributed by atoms with Crippen molar-refractivity contribution in [2.45, 2.75) is 25.3 Å². The van der Waals surface area contributed by atoms with E-state index in [4.69, 9.17) is 0 Å². The number of nitrogens with one attached hydrogen (secondary N) is 2. The molecule has 0 radical (unpaired) electrons. The lowest BCUT2D eigenvalue weighted by Gasteiger charge is -2.10. The Balaban J connectivity index is 1.81. The van der Waals surface area contributed by atoms with E-state index in [2.05, 4.69) is 26.6 Å². The zero-order valence-electron chi connectivity index (χ0n) is 10.0. The summed E-state index contributed by atoms with van der Waals surface area (Å²) in [7, 11) is 0. The molecule has 98 valence electrons. The molecule has 3 nitrogen and oxygen atoms in total. The van der Waals surface area contributed by atoms with Gasteiger partial charge in [-0.15, -0.1) is 0 Å². The molecular formula is C13H16BrFN2O. The number of carbonyl (C=O) groups excluding carboxylic acids is 1. The first kappa shape index (κ1) is 13.5. The monoisotopic (exact) mass is 314 g/mol. The number of halogens is 2. The fourth-order valence-electron chi connectivity index (χ4n) is 2.10. The summed E-state index contributed by atoms with van der Waals surface area (Å²) >= 11 is 3.07. The van der Waals surface area contributed by atoms with Crippen LogP contribution in [0.25, 0.3) is 0 Å². The minimum atomic E-state index is -0.360. The van der Waals surface area contributed by atoms with Crippen LogP contribution >= 0.6 is 15.9 Å². The first-order valence-electron chi connectivity index (χ1n) is 6.13. The second-order valence-corrected chi connectivity index (χ2v) is 5.32. The van der Waals surface area contributed by atoms with Gasteiger partial charge in [0, 0.05) is 18.2 Å². The van der Waals surface area contributed by atoms with E-state index < -0.39 is 0 Å². The van der Waals surface area contributed by atoms with Crippen molar-refractivity contribution in [3.05, 3.63) is 34.1 Å². The van der Waals surface area contributed by atoms with Gasteiger partial charge in [-0.2, -0.15) is 0 Å². The van der Waals surface area contributed by atoms with Crippen LogP contribution in [0.2, 0.25) is 0 Å². The van der Waals surface area contributed by atoms with Crippen LogP contribution in [0.1, 0.15) is 29.6 Å². The largest absolute Gasteiger partial charge is 0.352 e. The fourth-order valence-corrected chi connectivity index (χ4v) is 2.48. The Kier molecular flexibility index (Phi) is 4.72. The summed E-state index contributed by atoms with van der Waals surface area (Å²) in [4.78, 5) is 11.8. The molecule has 1 aromatic rings. The molecule has 1 heterocycles.